The second-order valence-corrected chi connectivity index (χ2v) is 5.47. The molecule has 1 heterocycles. The standard InChI is InChI=1S/C16H24N2O2.ClH/c1-17-10-7-13-8-11-18(12-9-13)16(20)15(19)14-5-3-2-4-6-14;/h2-6,13,15,17,19H,7-12H2,1H3;1H. The van der Waals surface area contributed by atoms with E-state index in [0.717, 1.165) is 32.5 Å². The Morgan fingerprint density at radius 2 is 1.95 bits per heavy atom. The summed E-state index contributed by atoms with van der Waals surface area (Å²) in [6.07, 6.45) is 2.22. The Bertz CT molecular complexity index is 420. The first-order valence-electron chi connectivity index (χ1n) is 7.38. The third kappa shape index (κ3) is 4.99. The van der Waals surface area contributed by atoms with Crippen LogP contribution in [0.15, 0.2) is 30.3 Å². The maximum Gasteiger partial charge on any atom is 0.256 e. The van der Waals surface area contributed by atoms with Crippen molar-refractivity contribution < 1.29 is 9.90 Å². The minimum atomic E-state index is -1.02. The van der Waals surface area contributed by atoms with Crippen LogP contribution in [-0.2, 0) is 4.79 Å². The van der Waals surface area contributed by atoms with Crippen LogP contribution in [0.1, 0.15) is 30.9 Å². The number of benzene rings is 1. The number of aliphatic hydroxyl groups excluding tert-OH is 1. The van der Waals surface area contributed by atoms with Crippen LogP contribution in [0.5, 0.6) is 0 Å². The van der Waals surface area contributed by atoms with E-state index in [2.05, 4.69) is 5.32 Å². The summed E-state index contributed by atoms with van der Waals surface area (Å²) < 4.78 is 0. The minimum absolute atomic E-state index is 0. The molecule has 1 aromatic rings. The minimum Gasteiger partial charge on any atom is -0.378 e. The largest absolute Gasteiger partial charge is 0.378 e. The molecule has 2 rings (SSSR count). The zero-order valence-corrected chi connectivity index (χ0v) is 13.3. The Morgan fingerprint density at radius 1 is 1.33 bits per heavy atom. The van der Waals surface area contributed by atoms with E-state index >= 15 is 0 Å². The van der Waals surface area contributed by atoms with Gasteiger partial charge < -0.3 is 15.3 Å². The lowest BCUT2D eigenvalue weighted by molar-refractivity contribution is -0.142. The molecule has 1 aromatic carbocycles. The average molecular weight is 313 g/mol. The van der Waals surface area contributed by atoms with Gasteiger partial charge in [0, 0.05) is 13.1 Å². The van der Waals surface area contributed by atoms with Gasteiger partial charge in [0.15, 0.2) is 6.10 Å². The topological polar surface area (TPSA) is 52.6 Å². The number of hydrogen-bond donors (Lipinski definition) is 2. The molecule has 0 aliphatic carbocycles. The molecule has 5 heteroatoms. The first kappa shape index (κ1) is 18.0. The van der Waals surface area contributed by atoms with Gasteiger partial charge in [0.1, 0.15) is 0 Å². The Labute approximate surface area is 132 Å². The van der Waals surface area contributed by atoms with Crippen molar-refractivity contribution >= 4 is 18.3 Å². The molecule has 2 N–H and O–H groups in total. The van der Waals surface area contributed by atoms with E-state index in [9.17, 15) is 9.90 Å². The van der Waals surface area contributed by atoms with Crippen LogP contribution < -0.4 is 5.32 Å². The lowest BCUT2D eigenvalue weighted by Crippen LogP contribution is -2.41. The summed E-state index contributed by atoms with van der Waals surface area (Å²) in [5.74, 6) is 0.531. The molecule has 1 aliphatic rings. The molecule has 0 saturated carbocycles. The highest BCUT2D eigenvalue weighted by molar-refractivity contribution is 5.85. The van der Waals surface area contributed by atoms with Crippen LogP contribution in [0.3, 0.4) is 0 Å². The number of hydrogen-bond acceptors (Lipinski definition) is 3. The summed E-state index contributed by atoms with van der Waals surface area (Å²) in [6, 6.07) is 9.16. The normalized spacial score (nSPS) is 17.1. The number of piperidine rings is 1. The Morgan fingerprint density at radius 3 is 2.52 bits per heavy atom. The van der Waals surface area contributed by atoms with Gasteiger partial charge in [-0.25, -0.2) is 0 Å². The number of amides is 1. The van der Waals surface area contributed by atoms with Crippen molar-refractivity contribution in [2.24, 2.45) is 5.92 Å². The highest BCUT2D eigenvalue weighted by Gasteiger charge is 2.27. The lowest BCUT2D eigenvalue weighted by Gasteiger charge is -2.33. The quantitative estimate of drug-likeness (QED) is 0.874. The van der Waals surface area contributed by atoms with Gasteiger partial charge in [0.05, 0.1) is 0 Å². The van der Waals surface area contributed by atoms with E-state index in [1.54, 1.807) is 17.0 Å². The summed E-state index contributed by atoms with van der Waals surface area (Å²) in [5, 5.41) is 13.3. The van der Waals surface area contributed by atoms with Crippen LogP contribution in [0.4, 0.5) is 0 Å². The monoisotopic (exact) mass is 312 g/mol. The summed E-state index contributed by atoms with van der Waals surface area (Å²) in [5.41, 5.74) is 0.676. The average Bonchev–Trinajstić information content (AvgIpc) is 2.53. The highest BCUT2D eigenvalue weighted by atomic mass is 35.5. The molecule has 118 valence electrons. The van der Waals surface area contributed by atoms with E-state index < -0.39 is 6.10 Å². The number of aliphatic hydroxyl groups is 1. The third-order valence-corrected chi connectivity index (χ3v) is 4.08. The second-order valence-electron chi connectivity index (χ2n) is 5.47. The van der Waals surface area contributed by atoms with Crippen molar-refractivity contribution in [1.29, 1.82) is 0 Å². The van der Waals surface area contributed by atoms with Crippen LogP contribution in [0.25, 0.3) is 0 Å². The maximum absolute atomic E-state index is 12.3. The number of nitrogens with one attached hydrogen (secondary N) is 1. The molecule has 21 heavy (non-hydrogen) atoms. The summed E-state index contributed by atoms with van der Waals surface area (Å²) in [4.78, 5) is 14.1. The molecule has 4 nitrogen and oxygen atoms in total. The van der Waals surface area contributed by atoms with Gasteiger partial charge in [-0.3, -0.25) is 4.79 Å². The number of likely N-dealkylation sites (tertiary alicyclic amines) is 1. The van der Waals surface area contributed by atoms with Gasteiger partial charge in [0.25, 0.3) is 5.91 Å². The predicted octanol–water partition coefficient (Wildman–Crippen LogP) is 1.99. The molecule has 1 amide bonds. The van der Waals surface area contributed by atoms with Crippen LogP contribution in [0, 0.1) is 5.92 Å². The van der Waals surface area contributed by atoms with Crippen molar-refractivity contribution in [3.8, 4) is 0 Å². The van der Waals surface area contributed by atoms with Gasteiger partial charge in [-0.15, -0.1) is 12.4 Å². The van der Waals surface area contributed by atoms with Gasteiger partial charge >= 0.3 is 0 Å². The summed E-state index contributed by atoms with van der Waals surface area (Å²) in [7, 11) is 1.97. The van der Waals surface area contributed by atoms with Crippen molar-refractivity contribution in [3.63, 3.8) is 0 Å². The number of nitrogens with zero attached hydrogens (tertiary/aromatic N) is 1. The molecule has 1 unspecified atom stereocenters. The second kappa shape index (κ2) is 9.03. The van der Waals surface area contributed by atoms with Gasteiger partial charge in [-0.2, -0.15) is 0 Å². The van der Waals surface area contributed by atoms with E-state index in [1.807, 2.05) is 25.2 Å². The van der Waals surface area contributed by atoms with Crippen molar-refractivity contribution in [1.82, 2.24) is 10.2 Å². The molecule has 1 aliphatic heterocycles. The third-order valence-electron chi connectivity index (χ3n) is 4.08. The molecule has 0 radical (unpaired) electrons. The molecular formula is C16H25ClN2O2. The number of halogens is 1. The van der Waals surface area contributed by atoms with E-state index in [0.29, 0.717) is 11.5 Å². The fourth-order valence-electron chi connectivity index (χ4n) is 2.74. The number of rotatable bonds is 5. The zero-order valence-electron chi connectivity index (χ0n) is 12.5. The van der Waals surface area contributed by atoms with E-state index in [-0.39, 0.29) is 18.3 Å². The SMILES string of the molecule is CNCCC1CCN(C(=O)C(O)c2ccccc2)CC1.Cl. The fourth-order valence-corrected chi connectivity index (χ4v) is 2.74. The molecule has 1 fully saturated rings. The molecule has 1 saturated heterocycles. The first-order valence-corrected chi connectivity index (χ1v) is 7.38. The Hall–Kier alpha value is -1.10. The predicted molar refractivity (Wildman–Crippen MR) is 86.5 cm³/mol. The lowest BCUT2D eigenvalue weighted by atomic mass is 9.93. The summed E-state index contributed by atoms with van der Waals surface area (Å²) >= 11 is 0. The Kier molecular flexibility index (Phi) is 7.72. The fraction of sp³-hybridized carbons (Fsp3) is 0.562. The number of carbonyl (C=O) groups excluding carboxylic acids is 1. The van der Waals surface area contributed by atoms with Crippen molar-refractivity contribution in [2.45, 2.75) is 25.4 Å². The molecular weight excluding hydrogens is 288 g/mol. The number of carbonyl (C=O) groups is 1. The molecule has 1 atom stereocenters. The highest BCUT2D eigenvalue weighted by Crippen LogP contribution is 2.23. The van der Waals surface area contributed by atoms with Gasteiger partial charge in [0.2, 0.25) is 0 Å². The molecule has 0 bridgehead atoms. The molecule has 0 spiro atoms. The smallest absolute Gasteiger partial charge is 0.256 e. The van der Waals surface area contributed by atoms with E-state index in [1.165, 1.54) is 6.42 Å². The van der Waals surface area contributed by atoms with Gasteiger partial charge in [-0.1, -0.05) is 30.3 Å². The molecule has 0 aromatic heterocycles. The Balaban J connectivity index is 0.00000220. The zero-order chi connectivity index (χ0) is 14.4. The van der Waals surface area contributed by atoms with Crippen molar-refractivity contribution in [3.05, 3.63) is 35.9 Å². The maximum atomic E-state index is 12.3. The van der Waals surface area contributed by atoms with Crippen LogP contribution in [0.2, 0.25) is 0 Å². The van der Waals surface area contributed by atoms with E-state index in [4.69, 9.17) is 0 Å². The summed E-state index contributed by atoms with van der Waals surface area (Å²) in [6.45, 7) is 2.56. The first-order chi connectivity index (χ1) is 9.72. The van der Waals surface area contributed by atoms with Crippen molar-refractivity contribution in [2.75, 3.05) is 26.7 Å². The van der Waals surface area contributed by atoms with Crippen LogP contribution in [-0.4, -0.2) is 42.6 Å². The van der Waals surface area contributed by atoms with Gasteiger partial charge in [-0.05, 0) is 44.3 Å². The van der Waals surface area contributed by atoms with Crippen LogP contribution >= 0.6 is 12.4 Å².